The van der Waals surface area contributed by atoms with E-state index in [0.29, 0.717) is 118 Å². The number of hydrogen-bond acceptors (Lipinski definition) is 14. The predicted molar refractivity (Wildman–Crippen MR) is 270 cm³/mol. The van der Waals surface area contributed by atoms with Crippen LogP contribution in [0.1, 0.15) is 55.8 Å². The van der Waals surface area contributed by atoms with E-state index in [4.69, 9.17) is 33.2 Å². The summed E-state index contributed by atoms with van der Waals surface area (Å²) in [6, 6.07) is 29.8. The molecule has 0 saturated carbocycles. The van der Waals surface area contributed by atoms with Crippen molar-refractivity contribution in [1.82, 2.24) is 0 Å². The highest BCUT2D eigenvalue weighted by atomic mass is 16.5. The number of nitrogens with one attached hydrogen (secondary N) is 2. The molecule has 0 saturated heterocycles. The molecule has 2 aliphatic heterocycles. The molecule has 366 valence electrons. The van der Waals surface area contributed by atoms with Crippen LogP contribution in [0.25, 0.3) is 0 Å². The molecule has 0 spiro atoms. The second-order valence-electron chi connectivity index (χ2n) is 16.9. The fourth-order valence-corrected chi connectivity index (χ4v) is 8.85. The highest BCUT2D eigenvalue weighted by Crippen LogP contribution is 2.39. The van der Waals surface area contributed by atoms with Crippen LogP contribution in [0.4, 0.5) is 28.4 Å². The Morgan fingerprint density at radius 1 is 0.739 bits per heavy atom. The summed E-state index contributed by atoms with van der Waals surface area (Å²) in [5.41, 5.74) is 9.32. The Bertz CT molecular complexity index is 2520. The van der Waals surface area contributed by atoms with Crippen molar-refractivity contribution in [3.8, 4) is 23.0 Å². The summed E-state index contributed by atoms with van der Waals surface area (Å²) < 4.78 is 41.3. The molecule has 2 N–H and O–H groups in total. The lowest BCUT2D eigenvalue weighted by Crippen LogP contribution is -2.34. The Morgan fingerprint density at radius 2 is 1.39 bits per heavy atom. The van der Waals surface area contributed by atoms with Gasteiger partial charge in [-0.25, -0.2) is 0 Å². The zero-order chi connectivity index (χ0) is 48.5. The number of aldehydes is 2. The van der Waals surface area contributed by atoms with Gasteiger partial charge in [-0.3, -0.25) is 9.59 Å². The maximum absolute atomic E-state index is 14.0. The topological polar surface area (TPSA) is 150 Å². The van der Waals surface area contributed by atoms with Crippen LogP contribution in [-0.2, 0) is 45.1 Å². The number of carbonyl (C=O) groups is 3. The summed E-state index contributed by atoms with van der Waals surface area (Å²) in [4.78, 5) is 44.2. The number of methoxy groups -OCH3 is 3. The van der Waals surface area contributed by atoms with Crippen molar-refractivity contribution in [2.75, 3.05) is 120 Å². The Hall–Kier alpha value is -6.81. The third-order valence-corrected chi connectivity index (χ3v) is 12.6. The lowest BCUT2D eigenvalue weighted by molar-refractivity contribution is -0.107. The third-order valence-electron chi connectivity index (χ3n) is 12.6. The number of amides is 1. The monoisotopic (exact) mass is 943 g/mol. The molecule has 0 bridgehead atoms. The Labute approximate surface area is 405 Å². The predicted octanol–water partition coefficient (Wildman–Crippen LogP) is 7.86. The van der Waals surface area contributed by atoms with Gasteiger partial charge < -0.3 is 63.3 Å². The molecule has 0 aromatic heterocycles. The van der Waals surface area contributed by atoms with Crippen molar-refractivity contribution in [3.05, 3.63) is 124 Å². The molecule has 1 amide bonds. The maximum atomic E-state index is 14.0. The first-order chi connectivity index (χ1) is 33.8. The van der Waals surface area contributed by atoms with E-state index in [1.54, 1.807) is 51.5 Å². The van der Waals surface area contributed by atoms with Gasteiger partial charge in [0.1, 0.15) is 19.5 Å². The minimum absolute atomic E-state index is 0.128. The highest BCUT2D eigenvalue weighted by molar-refractivity contribution is 6.11. The number of ether oxygens (including phenoxy) is 7. The molecule has 2 heterocycles. The van der Waals surface area contributed by atoms with Crippen molar-refractivity contribution >= 4 is 46.9 Å². The zero-order valence-corrected chi connectivity index (χ0v) is 40.4. The van der Waals surface area contributed by atoms with E-state index in [1.807, 2.05) is 36.4 Å². The summed E-state index contributed by atoms with van der Waals surface area (Å²) in [7, 11) is 8.62. The van der Waals surface area contributed by atoms with Gasteiger partial charge in [-0.15, -0.1) is 0 Å². The van der Waals surface area contributed by atoms with E-state index in [-0.39, 0.29) is 25.2 Å². The first kappa shape index (κ1) is 50.1. The van der Waals surface area contributed by atoms with Crippen LogP contribution in [0.5, 0.6) is 23.0 Å². The first-order valence-corrected chi connectivity index (χ1v) is 23.5. The average molecular weight is 944 g/mol. The van der Waals surface area contributed by atoms with E-state index in [9.17, 15) is 14.4 Å². The van der Waals surface area contributed by atoms with Gasteiger partial charge in [-0.05, 0) is 84.0 Å². The van der Waals surface area contributed by atoms with Gasteiger partial charge in [-0.2, -0.15) is 0 Å². The van der Waals surface area contributed by atoms with E-state index in [2.05, 4.69) is 63.9 Å². The SMILES string of the molecule is CNc1cc(OCc2cc(COc3cc(NCC4Cc5ccccc5N4C)c(C=O)cc3OC)cc(N(CCCC=O)CCOCCOCCOC)c2)c(OC)cc1C(=O)N1CCc2ccccc21. The van der Waals surface area contributed by atoms with Crippen molar-refractivity contribution in [2.24, 2.45) is 0 Å². The lowest BCUT2D eigenvalue weighted by atomic mass is 10.1. The third kappa shape index (κ3) is 12.6. The molecule has 0 fully saturated rings. The number of nitrogens with zero attached hydrogens (tertiary/aromatic N) is 3. The number of rotatable bonds is 28. The number of carbonyl (C=O) groups excluding carboxylic acids is 3. The summed E-state index contributed by atoms with van der Waals surface area (Å²) in [6.45, 7) is 4.97. The average Bonchev–Trinajstić information content (AvgIpc) is 3.96. The van der Waals surface area contributed by atoms with Gasteiger partial charge >= 0.3 is 0 Å². The van der Waals surface area contributed by atoms with Gasteiger partial charge in [0.05, 0.1) is 64.5 Å². The van der Waals surface area contributed by atoms with Gasteiger partial charge in [-0.1, -0.05) is 36.4 Å². The van der Waals surface area contributed by atoms with E-state index < -0.39 is 0 Å². The Balaban J connectivity index is 1.13. The number of likely N-dealkylation sites (N-methyl/N-ethyl adjacent to an activating group) is 1. The van der Waals surface area contributed by atoms with Crippen molar-refractivity contribution in [3.63, 3.8) is 0 Å². The maximum Gasteiger partial charge on any atom is 0.260 e. The summed E-state index contributed by atoms with van der Waals surface area (Å²) in [5, 5.41) is 6.72. The zero-order valence-electron chi connectivity index (χ0n) is 40.4. The normalized spacial score (nSPS) is 13.7. The van der Waals surface area contributed by atoms with Crippen LogP contribution < -0.4 is 44.3 Å². The molecule has 5 aromatic carbocycles. The molecular formula is C54H65N5O10. The van der Waals surface area contributed by atoms with Crippen molar-refractivity contribution in [2.45, 2.75) is 44.9 Å². The Morgan fingerprint density at radius 3 is 2.06 bits per heavy atom. The van der Waals surface area contributed by atoms with E-state index in [1.165, 1.54) is 11.3 Å². The van der Waals surface area contributed by atoms with Crippen LogP contribution in [0.3, 0.4) is 0 Å². The molecule has 15 heteroatoms. The molecule has 0 radical (unpaired) electrons. The fourth-order valence-electron chi connectivity index (χ4n) is 8.85. The molecule has 0 aliphatic carbocycles. The minimum Gasteiger partial charge on any atom is -0.493 e. The van der Waals surface area contributed by atoms with Crippen molar-refractivity contribution in [1.29, 1.82) is 0 Å². The Kier molecular flexibility index (Phi) is 18.1. The fraction of sp³-hybridized carbons (Fsp3) is 0.389. The first-order valence-electron chi connectivity index (χ1n) is 23.5. The molecule has 15 nitrogen and oxygen atoms in total. The number of anilines is 5. The van der Waals surface area contributed by atoms with Gasteiger partial charge in [0.25, 0.3) is 5.91 Å². The molecule has 1 unspecified atom stereocenters. The van der Waals surface area contributed by atoms with Crippen LogP contribution >= 0.6 is 0 Å². The van der Waals surface area contributed by atoms with Crippen LogP contribution in [0.2, 0.25) is 0 Å². The summed E-state index contributed by atoms with van der Waals surface area (Å²) in [6.07, 6.45) is 4.50. The number of benzene rings is 5. The molecule has 69 heavy (non-hydrogen) atoms. The molecule has 1 atom stereocenters. The minimum atomic E-state index is -0.128. The summed E-state index contributed by atoms with van der Waals surface area (Å²) in [5.74, 6) is 1.64. The smallest absolute Gasteiger partial charge is 0.260 e. The molecule has 7 rings (SSSR count). The lowest BCUT2D eigenvalue weighted by Gasteiger charge is -2.26. The van der Waals surface area contributed by atoms with E-state index in [0.717, 1.165) is 53.5 Å². The summed E-state index contributed by atoms with van der Waals surface area (Å²) >= 11 is 0. The second-order valence-corrected chi connectivity index (χ2v) is 16.9. The second kappa shape index (κ2) is 25.0. The standard InChI is InChI=1S/C54H65N5O10/c1-55-47-33-53(51(65-5)31-45(47)54(62)59-18-16-40-12-6-9-15-49(40)59)69-37-39-26-38(27-43(28-39)58(17-10-11-20-60)19-21-66-24-25-67-23-22-63-3)36-68-52-32-46(42(35-61)30-50(52)64-4)56-34-44-29-41-13-7-8-14-48(41)57(44)2/h6-9,12-15,20,26-28,30-33,35,44,55-56H,10-11,16-19,21-25,29,34,36-37H2,1-5H3. The van der Waals surface area contributed by atoms with Crippen LogP contribution in [0, 0.1) is 0 Å². The molecular weight excluding hydrogens is 879 g/mol. The van der Waals surface area contributed by atoms with Gasteiger partial charge in [0.15, 0.2) is 29.3 Å². The largest absolute Gasteiger partial charge is 0.493 e. The van der Waals surface area contributed by atoms with Crippen LogP contribution in [-0.4, -0.2) is 119 Å². The van der Waals surface area contributed by atoms with Crippen molar-refractivity contribution < 1.29 is 47.5 Å². The quantitative estimate of drug-likeness (QED) is 0.0370. The van der Waals surface area contributed by atoms with Gasteiger partial charge in [0.2, 0.25) is 0 Å². The number of fused-ring (bicyclic) bond motifs is 2. The number of hydrogen-bond donors (Lipinski definition) is 2. The molecule has 5 aromatic rings. The molecule has 2 aliphatic rings. The van der Waals surface area contributed by atoms with E-state index >= 15 is 0 Å². The highest BCUT2D eigenvalue weighted by Gasteiger charge is 2.29. The number of para-hydroxylation sites is 2. The number of unbranched alkanes of at least 4 members (excludes halogenated alkanes) is 1. The van der Waals surface area contributed by atoms with Gasteiger partial charge in [0, 0.05) is 94.3 Å². The van der Waals surface area contributed by atoms with Crippen LogP contribution in [0.15, 0.2) is 91.0 Å².